The van der Waals surface area contributed by atoms with Gasteiger partial charge in [-0.1, -0.05) is 5.92 Å². The van der Waals surface area contributed by atoms with Gasteiger partial charge in [-0.3, -0.25) is 9.69 Å². The van der Waals surface area contributed by atoms with Crippen LogP contribution in [0.3, 0.4) is 0 Å². The van der Waals surface area contributed by atoms with Crippen LogP contribution < -0.4 is 5.32 Å². The third-order valence-corrected chi connectivity index (χ3v) is 2.75. The van der Waals surface area contributed by atoms with Gasteiger partial charge in [-0.05, 0) is 20.8 Å². The molecular formula is C12H20N2O2. The molecule has 1 heterocycles. The van der Waals surface area contributed by atoms with Gasteiger partial charge in [-0.15, -0.1) is 6.42 Å². The maximum absolute atomic E-state index is 11.7. The van der Waals surface area contributed by atoms with Crippen molar-refractivity contribution in [2.24, 2.45) is 0 Å². The molecule has 0 spiro atoms. The average molecular weight is 224 g/mol. The van der Waals surface area contributed by atoms with Crippen LogP contribution in [0.4, 0.5) is 0 Å². The molecule has 1 fully saturated rings. The molecule has 0 radical (unpaired) electrons. The fourth-order valence-electron chi connectivity index (χ4n) is 1.84. The van der Waals surface area contributed by atoms with Crippen LogP contribution in [0.1, 0.15) is 20.8 Å². The van der Waals surface area contributed by atoms with E-state index in [-0.39, 0.29) is 24.1 Å². The van der Waals surface area contributed by atoms with Crippen LogP contribution >= 0.6 is 0 Å². The summed E-state index contributed by atoms with van der Waals surface area (Å²) in [4.78, 5) is 13.8. The lowest BCUT2D eigenvalue weighted by molar-refractivity contribution is -0.133. The number of hydrogen-bond acceptors (Lipinski definition) is 3. The summed E-state index contributed by atoms with van der Waals surface area (Å²) in [6, 6.07) is -0.156. The predicted molar refractivity (Wildman–Crippen MR) is 62.9 cm³/mol. The Kier molecular flexibility index (Phi) is 4.34. The monoisotopic (exact) mass is 224 g/mol. The third-order valence-electron chi connectivity index (χ3n) is 2.75. The summed E-state index contributed by atoms with van der Waals surface area (Å²) >= 11 is 0. The summed E-state index contributed by atoms with van der Waals surface area (Å²) < 4.78 is 5.60. The summed E-state index contributed by atoms with van der Waals surface area (Å²) in [6.45, 7) is 8.46. The summed E-state index contributed by atoms with van der Waals surface area (Å²) in [5, 5.41) is 2.70. The minimum atomic E-state index is -0.182. The number of nitrogens with one attached hydrogen (secondary N) is 1. The lowest BCUT2D eigenvalue weighted by Crippen LogP contribution is -2.55. The van der Waals surface area contributed by atoms with E-state index >= 15 is 0 Å². The molecule has 1 aliphatic rings. The van der Waals surface area contributed by atoms with E-state index in [0.717, 1.165) is 13.1 Å². The molecule has 0 saturated carbocycles. The lowest BCUT2D eigenvalue weighted by atomic mass is 10.1. The molecule has 1 atom stereocenters. The largest absolute Gasteiger partial charge is 0.373 e. The molecule has 0 aromatic rings. The van der Waals surface area contributed by atoms with Crippen molar-refractivity contribution in [2.75, 3.05) is 26.2 Å². The van der Waals surface area contributed by atoms with Crippen LogP contribution in [0.2, 0.25) is 0 Å². The lowest BCUT2D eigenvalue weighted by Gasteiger charge is -2.40. The Labute approximate surface area is 97.3 Å². The minimum absolute atomic E-state index is 0.0179. The van der Waals surface area contributed by atoms with Gasteiger partial charge in [0.15, 0.2) is 0 Å². The van der Waals surface area contributed by atoms with Crippen molar-refractivity contribution in [1.29, 1.82) is 0 Å². The Balaban J connectivity index is 2.50. The van der Waals surface area contributed by atoms with Gasteiger partial charge in [0.05, 0.1) is 24.8 Å². The van der Waals surface area contributed by atoms with Crippen LogP contribution in [0.25, 0.3) is 0 Å². The Hall–Kier alpha value is -1.05. The second-order valence-electron chi connectivity index (χ2n) is 4.68. The van der Waals surface area contributed by atoms with E-state index in [2.05, 4.69) is 16.1 Å². The minimum Gasteiger partial charge on any atom is -0.373 e. The van der Waals surface area contributed by atoms with E-state index in [0.29, 0.717) is 6.61 Å². The Morgan fingerprint density at radius 2 is 2.38 bits per heavy atom. The number of carbonyl (C=O) groups is 1. The second-order valence-corrected chi connectivity index (χ2v) is 4.68. The topological polar surface area (TPSA) is 41.6 Å². The highest BCUT2D eigenvalue weighted by molar-refractivity contribution is 5.81. The number of hydrogen-bond donors (Lipinski definition) is 1. The smallest absolute Gasteiger partial charge is 0.237 e. The van der Waals surface area contributed by atoms with E-state index in [1.807, 2.05) is 20.8 Å². The first-order valence-corrected chi connectivity index (χ1v) is 5.55. The van der Waals surface area contributed by atoms with E-state index in [9.17, 15) is 4.79 Å². The van der Waals surface area contributed by atoms with E-state index < -0.39 is 0 Å². The van der Waals surface area contributed by atoms with Crippen LogP contribution in [0, 0.1) is 12.3 Å². The Morgan fingerprint density at radius 3 is 2.94 bits per heavy atom. The van der Waals surface area contributed by atoms with Crippen molar-refractivity contribution >= 4 is 5.91 Å². The van der Waals surface area contributed by atoms with Gasteiger partial charge in [0.2, 0.25) is 5.91 Å². The van der Waals surface area contributed by atoms with E-state index in [4.69, 9.17) is 11.2 Å². The van der Waals surface area contributed by atoms with Crippen LogP contribution in [-0.4, -0.2) is 48.7 Å². The molecule has 1 saturated heterocycles. The highest BCUT2D eigenvalue weighted by Crippen LogP contribution is 2.18. The molecule has 1 rings (SSSR count). The van der Waals surface area contributed by atoms with Crippen LogP contribution in [0.5, 0.6) is 0 Å². The number of carbonyl (C=O) groups excluding carboxylic acids is 1. The summed E-state index contributed by atoms with van der Waals surface area (Å²) in [5.74, 6) is 2.38. The average Bonchev–Trinajstić information content (AvgIpc) is 2.23. The van der Waals surface area contributed by atoms with Crippen molar-refractivity contribution in [3.8, 4) is 12.3 Å². The molecule has 90 valence electrons. The Morgan fingerprint density at radius 1 is 1.69 bits per heavy atom. The van der Waals surface area contributed by atoms with Crippen molar-refractivity contribution in [3.63, 3.8) is 0 Å². The van der Waals surface area contributed by atoms with E-state index in [1.54, 1.807) is 0 Å². The first-order chi connectivity index (χ1) is 7.46. The molecule has 4 heteroatoms. The van der Waals surface area contributed by atoms with Gasteiger partial charge in [0.25, 0.3) is 0 Å². The van der Waals surface area contributed by atoms with Gasteiger partial charge >= 0.3 is 0 Å². The van der Waals surface area contributed by atoms with Gasteiger partial charge < -0.3 is 10.1 Å². The maximum atomic E-state index is 11.7. The molecule has 1 aliphatic heterocycles. The zero-order valence-corrected chi connectivity index (χ0v) is 10.2. The second kappa shape index (κ2) is 5.33. The summed E-state index contributed by atoms with van der Waals surface area (Å²) in [6.07, 6.45) is 5.10. The van der Waals surface area contributed by atoms with Gasteiger partial charge in [-0.2, -0.15) is 0 Å². The predicted octanol–water partition coefficient (Wildman–Crippen LogP) is 0.235. The molecule has 0 bridgehead atoms. The number of amides is 1. The molecule has 0 aromatic carbocycles. The van der Waals surface area contributed by atoms with Crippen molar-refractivity contribution < 1.29 is 9.53 Å². The Bertz CT molecular complexity index is 294. The summed E-state index contributed by atoms with van der Waals surface area (Å²) in [7, 11) is 0. The SMILES string of the molecule is C#CCNC(=O)C(C)N1CCOC(C)(C)C1. The number of terminal acetylenes is 1. The molecule has 16 heavy (non-hydrogen) atoms. The molecule has 0 aliphatic carbocycles. The molecular weight excluding hydrogens is 204 g/mol. The molecule has 1 unspecified atom stereocenters. The zero-order valence-electron chi connectivity index (χ0n) is 10.2. The fraction of sp³-hybridized carbons (Fsp3) is 0.750. The molecule has 1 amide bonds. The normalized spacial score (nSPS) is 22.1. The fourth-order valence-corrected chi connectivity index (χ4v) is 1.84. The molecule has 0 aromatic heterocycles. The van der Waals surface area contributed by atoms with Crippen LogP contribution in [-0.2, 0) is 9.53 Å². The zero-order chi connectivity index (χ0) is 12.2. The van der Waals surface area contributed by atoms with Gasteiger partial charge in [0.1, 0.15) is 0 Å². The standard InChI is InChI=1S/C12H20N2O2/c1-5-6-13-11(15)10(2)14-7-8-16-12(3,4)9-14/h1,10H,6-9H2,2-4H3,(H,13,15). The van der Waals surface area contributed by atoms with Crippen molar-refractivity contribution in [2.45, 2.75) is 32.4 Å². The number of rotatable bonds is 3. The van der Waals surface area contributed by atoms with Crippen molar-refractivity contribution in [3.05, 3.63) is 0 Å². The van der Waals surface area contributed by atoms with Gasteiger partial charge in [-0.25, -0.2) is 0 Å². The number of nitrogens with zero attached hydrogens (tertiary/aromatic N) is 1. The quantitative estimate of drug-likeness (QED) is 0.698. The molecule has 4 nitrogen and oxygen atoms in total. The first-order valence-electron chi connectivity index (χ1n) is 5.55. The first kappa shape index (κ1) is 13.0. The van der Waals surface area contributed by atoms with E-state index in [1.165, 1.54) is 0 Å². The highest BCUT2D eigenvalue weighted by atomic mass is 16.5. The van der Waals surface area contributed by atoms with Gasteiger partial charge in [0, 0.05) is 13.1 Å². The summed E-state index contributed by atoms with van der Waals surface area (Å²) in [5.41, 5.74) is -0.182. The maximum Gasteiger partial charge on any atom is 0.237 e. The van der Waals surface area contributed by atoms with Crippen molar-refractivity contribution in [1.82, 2.24) is 10.2 Å². The molecule has 1 N–H and O–H groups in total. The number of ether oxygens (including phenoxy) is 1. The third kappa shape index (κ3) is 3.51. The van der Waals surface area contributed by atoms with Crippen LogP contribution in [0.15, 0.2) is 0 Å². The highest BCUT2D eigenvalue weighted by Gasteiger charge is 2.31. The number of morpholine rings is 1.